The van der Waals surface area contributed by atoms with Crippen LogP contribution in [0.3, 0.4) is 0 Å². The molecule has 2 atom stereocenters. The van der Waals surface area contributed by atoms with E-state index >= 15 is 0 Å². The third kappa shape index (κ3) is 4.85. The van der Waals surface area contributed by atoms with E-state index in [1.54, 1.807) is 0 Å². The molecule has 0 saturated heterocycles. The first-order valence-corrected chi connectivity index (χ1v) is 10.9. The lowest BCUT2D eigenvalue weighted by atomic mass is 9.98. The highest BCUT2D eigenvalue weighted by molar-refractivity contribution is 8.01. The zero-order valence-electron chi connectivity index (χ0n) is 16.4. The van der Waals surface area contributed by atoms with Gasteiger partial charge < -0.3 is 15.2 Å². The van der Waals surface area contributed by atoms with Crippen LogP contribution in [0.15, 0.2) is 48.5 Å². The number of nitrogens with one attached hydrogen (secondary N) is 1. The van der Waals surface area contributed by atoms with Crippen LogP contribution in [-0.4, -0.2) is 39.8 Å². The van der Waals surface area contributed by atoms with Crippen molar-refractivity contribution in [3.8, 4) is 11.1 Å². The average molecular weight is 418 g/mol. The first kappa shape index (κ1) is 21.1. The summed E-state index contributed by atoms with van der Waals surface area (Å²) in [6.07, 6.45) is -0.533. The zero-order valence-corrected chi connectivity index (χ0v) is 18.1. The number of hydrogen-bond acceptors (Lipinski definition) is 5. The normalized spacial score (nSPS) is 15.5. The molecule has 3 rings (SSSR count). The largest absolute Gasteiger partial charge is 0.449 e. The van der Waals surface area contributed by atoms with Gasteiger partial charge in [0.15, 0.2) is 0 Å². The third-order valence-electron chi connectivity index (χ3n) is 4.66. The minimum Gasteiger partial charge on any atom is -0.449 e. The number of hydrogen-bond donors (Lipinski definition) is 3. The maximum Gasteiger partial charge on any atom is 0.407 e. The molecule has 0 fully saturated rings. The number of alkyl carbamates (subject to hydrolysis) is 1. The third-order valence-corrected chi connectivity index (χ3v) is 6.33. The molecule has 0 bridgehead atoms. The van der Waals surface area contributed by atoms with Crippen LogP contribution in [0.2, 0.25) is 0 Å². The SMILES string of the molecule is CC(C)(C)SC(O)[C@@H](CS)NC(=O)OCC1c2ccccc2-c2ccccc21. The second-order valence-corrected chi connectivity index (χ2v) is 10.2. The van der Waals surface area contributed by atoms with E-state index in [0.717, 1.165) is 0 Å². The fourth-order valence-corrected chi connectivity index (χ4v) is 4.93. The molecular weight excluding hydrogens is 390 g/mol. The van der Waals surface area contributed by atoms with Gasteiger partial charge in [-0.3, -0.25) is 0 Å². The summed E-state index contributed by atoms with van der Waals surface area (Å²) in [5.74, 6) is 0.343. The quantitative estimate of drug-likeness (QED) is 0.472. The Bertz CT molecular complexity index is 789. The van der Waals surface area contributed by atoms with E-state index in [-0.39, 0.29) is 17.3 Å². The number of rotatable bonds is 6. The van der Waals surface area contributed by atoms with E-state index in [9.17, 15) is 9.90 Å². The van der Waals surface area contributed by atoms with E-state index < -0.39 is 17.6 Å². The molecule has 150 valence electrons. The number of carbonyl (C=O) groups excluding carboxylic acids is 1. The summed E-state index contributed by atoms with van der Waals surface area (Å²) >= 11 is 5.66. The molecule has 1 unspecified atom stereocenters. The summed E-state index contributed by atoms with van der Waals surface area (Å²) in [6, 6.07) is 16.0. The van der Waals surface area contributed by atoms with Gasteiger partial charge in [-0.05, 0) is 22.3 Å². The van der Waals surface area contributed by atoms with Crippen LogP contribution in [0.5, 0.6) is 0 Å². The summed E-state index contributed by atoms with van der Waals surface area (Å²) in [6.45, 7) is 6.30. The molecule has 28 heavy (non-hydrogen) atoms. The standard InChI is InChI=1S/C22H27NO3S2/c1-22(2,3)28-20(24)19(13-27)23-21(25)26-12-18-16-10-6-4-8-14(16)15-9-5-7-11-17(15)18/h4-11,18-20,24,27H,12-13H2,1-3H3,(H,23,25)/t19-,20?/m1/s1. The highest BCUT2D eigenvalue weighted by atomic mass is 32.2. The Morgan fingerprint density at radius 1 is 1.14 bits per heavy atom. The summed E-state index contributed by atoms with van der Waals surface area (Å²) in [4.78, 5) is 12.4. The Kier molecular flexibility index (Phi) is 6.63. The van der Waals surface area contributed by atoms with Crippen molar-refractivity contribution in [2.24, 2.45) is 0 Å². The van der Waals surface area contributed by atoms with Crippen LogP contribution in [0.1, 0.15) is 37.8 Å². The number of aliphatic hydroxyl groups is 1. The fourth-order valence-electron chi connectivity index (χ4n) is 3.44. The Morgan fingerprint density at radius 2 is 1.68 bits per heavy atom. The second kappa shape index (κ2) is 8.80. The molecule has 0 saturated carbocycles. The van der Waals surface area contributed by atoms with Crippen LogP contribution < -0.4 is 5.32 Å². The number of thioether (sulfide) groups is 1. The predicted octanol–water partition coefficient (Wildman–Crippen LogP) is 4.67. The van der Waals surface area contributed by atoms with E-state index in [1.807, 2.05) is 45.0 Å². The van der Waals surface area contributed by atoms with E-state index in [4.69, 9.17) is 4.74 Å². The number of amides is 1. The van der Waals surface area contributed by atoms with Gasteiger partial charge in [0, 0.05) is 16.4 Å². The molecule has 6 heteroatoms. The molecule has 0 radical (unpaired) electrons. The number of carbonyl (C=O) groups is 1. The first-order chi connectivity index (χ1) is 13.3. The van der Waals surface area contributed by atoms with Gasteiger partial charge >= 0.3 is 6.09 Å². The Balaban J connectivity index is 1.65. The fraction of sp³-hybridized carbons (Fsp3) is 0.409. The van der Waals surface area contributed by atoms with Gasteiger partial charge in [-0.15, -0.1) is 11.8 Å². The molecule has 0 spiro atoms. The molecule has 2 aromatic rings. The van der Waals surface area contributed by atoms with Gasteiger partial charge in [0.1, 0.15) is 12.0 Å². The zero-order chi connectivity index (χ0) is 20.3. The Hall–Kier alpha value is -1.63. The number of fused-ring (bicyclic) bond motifs is 3. The summed E-state index contributed by atoms with van der Waals surface area (Å²) in [5.41, 5.74) is 3.98. The Labute approximate surface area is 176 Å². The number of benzene rings is 2. The predicted molar refractivity (Wildman–Crippen MR) is 119 cm³/mol. The van der Waals surface area contributed by atoms with Crippen molar-refractivity contribution in [1.29, 1.82) is 0 Å². The van der Waals surface area contributed by atoms with Gasteiger partial charge in [0.05, 0.1) is 6.04 Å². The van der Waals surface area contributed by atoms with Gasteiger partial charge in [-0.25, -0.2) is 4.79 Å². The van der Waals surface area contributed by atoms with E-state index in [1.165, 1.54) is 34.0 Å². The van der Waals surface area contributed by atoms with Crippen molar-refractivity contribution >= 4 is 30.5 Å². The van der Waals surface area contributed by atoms with Crippen molar-refractivity contribution in [1.82, 2.24) is 5.32 Å². The monoisotopic (exact) mass is 417 g/mol. The van der Waals surface area contributed by atoms with Crippen molar-refractivity contribution in [3.05, 3.63) is 59.7 Å². The van der Waals surface area contributed by atoms with Crippen molar-refractivity contribution in [3.63, 3.8) is 0 Å². The van der Waals surface area contributed by atoms with Crippen LogP contribution in [-0.2, 0) is 4.74 Å². The lowest BCUT2D eigenvalue weighted by Gasteiger charge is -2.28. The minimum absolute atomic E-state index is 0.0153. The van der Waals surface area contributed by atoms with Crippen LogP contribution in [0.4, 0.5) is 4.79 Å². The highest BCUT2D eigenvalue weighted by Crippen LogP contribution is 2.44. The summed E-state index contributed by atoms with van der Waals surface area (Å²) in [5, 5.41) is 13.1. The maximum absolute atomic E-state index is 12.4. The molecular formula is C22H27NO3S2. The molecule has 2 N–H and O–H groups in total. The minimum atomic E-state index is -0.752. The number of aliphatic hydroxyl groups excluding tert-OH is 1. The lowest BCUT2D eigenvalue weighted by molar-refractivity contribution is 0.131. The maximum atomic E-state index is 12.4. The van der Waals surface area contributed by atoms with Crippen molar-refractivity contribution in [2.75, 3.05) is 12.4 Å². The highest BCUT2D eigenvalue weighted by Gasteiger charge is 2.30. The Morgan fingerprint density at radius 3 is 2.18 bits per heavy atom. The summed E-state index contributed by atoms with van der Waals surface area (Å²) in [7, 11) is 0. The molecule has 0 aromatic heterocycles. The molecule has 2 aromatic carbocycles. The molecule has 1 amide bonds. The average Bonchev–Trinajstić information content (AvgIpc) is 2.97. The molecule has 0 aliphatic heterocycles. The number of thiol groups is 1. The van der Waals surface area contributed by atoms with E-state index in [0.29, 0.717) is 5.75 Å². The summed E-state index contributed by atoms with van der Waals surface area (Å²) < 4.78 is 5.43. The van der Waals surface area contributed by atoms with Crippen molar-refractivity contribution in [2.45, 2.75) is 42.9 Å². The van der Waals surface area contributed by atoms with Crippen LogP contribution in [0.25, 0.3) is 11.1 Å². The smallest absolute Gasteiger partial charge is 0.407 e. The van der Waals surface area contributed by atoms with Gasteiger partial charge in [0.25, 0.3) is 0 Å². The molecule has 1 aliphatic carbocycles. The first-order valence-electron chi connectivity index (χ1n) is 9.38. The lowest BCUT2D eigenvalue weighted by Crippen LogP contribution is -2.45. The topological polar surface area (TPSA) is 58.6 Å². The van der Waals surface area contributed by atoms with Gasteiger partial charge in [-0.1, -0.05) is 69.3 Å². The van der Waals surface area contributed by atoms with Crippen molar-refractivity contribution < 1.29 is 14.6 Å². The van der Waals surface area contributed by atoms with Gasteiger partial charge in [0.2, 0.25) is 0 Å². The molecule has 0 heterocycles. The van der Waals surface area contributed by atoms with Crippen LogP contribution in [0, 0.1) is 0 Å². The van der Waals surface area contributed by atoms with Crippen LogP contribution >= 0.6 is 24.4 Å². The molecule has 4 nitrogen and oxygen atoms in total. The van der Waals surface area contributed by atoms with E-state index in [2.05, 4.69) is 42.2 Å². The second-order valence-electron chi connectivity index (χ2n) is 7.88. The molecule has 1 aliphatic rings. The van der Waals surface area contributed by atoms with Gasteiger partial charge in [-0.2, -0.15) is 12.6 Å². The number of ether oxygens (including phenoxy) is 1.